The van der Waals surface area contributed by atoms with Gasteiger partial charge in [-0.3, -0.25) is 0 Å². The summed E-state index contributed by atoms with van der Waals surface area (Å²) in [6.07, 6.45) is -1.11. The van der Waals surface area contributed by atoms with Crippen LogP contribution >= 0.6 is 11.6 Å². The highest BCUT2D eigenvalue weighted by Gasteiger charge is 2.57. The number of hydrogen-bond acceptors (Lipinski definition) is 5. The zero-order valence-corrected chi connectivity index (χ0v) is 11.8. The number of alkyl halides is 1. The Morgan fingerprint density at radius 2 is 1.67 bits per heavy atom. The molecule has 0 aromatic heterocycles. The second-order valence-corrected chi connectivity index (χ2v) is 6.38. The molecule has 0 unspecified atom stereocenters. The van der Waals surface area contributed by atoms with Gasteiger partial charge in [-0.15, -0.1) is 11.6 Å². The third-order valence-corrected chi connectivity index (χ3v) is 3.90. The Morgan fingerprint density at radius 1 is 0.944 bits per heavy atom. The lowest BCUT2D eigenvalue weighted by Crippen LogP contribution is -2.39. The minimum Gasteiger partial charge on any atom is -0.348 e. The molecule has 3 saturated heterocycles. The molecule has 18 heavy (non-hydrogen) atoms. The maximum absolute atomic E-state index is 6.41. The van der Waals surface area contributed by atoms with E-state index in [4.69, 9.17) is 35.3 Å². The van der Waals surface area contributed by atoms with Gasteiger partial charge in [-0.05, 0) is 27.7 Å². The van der Waals surface area contributed by atoms with E-state index in [-0.39, 0.29) is 23.7 Å². The highest BCUT2D eigenvalue weighted by atomic mass is 35.5. The van der Waals surface area contributed by atoms with Gasteiger partial charge in [0.1, 0.15) is 18.3 Å². The predicted molar refractivity (Wildman–Crippen MR) is 63.2 cm³/mol. The fourth-order valence-corrected chi connectivity index (χ4v) is 3.06. The third-order valence-electron chi connectivity index (χ3n) is 3.40. The van der Waals surface area contributed by atoms with Gasteiger partial charge in [-0.25, -0.2) is 0 Å². The number of halogens is 1. The Labute approximate surface area is 112 Å². The van der Waals surface area contributed by atoms with Crippen LogP contribution < -0.4 is 0 Å². The van der Waals surface area contributed by atoms with Gasteiger partial charge in [-0.1, -0.05) is 0 Å². The standard InChI is InChI=1S/C12H19ClO5/c1-11(2)14-5-6(16-11)8-7(13)9-10(15-8)18-12(3,4)17-9/h6-10H,5H2,1-4H3/t6-,7-,8-,9+,10+/m1/s1. The Kier molecular flexibility index (Phi) is 2.94. The van der Waals surface area contributed by atoms with Gasteiger partial charge in [-0.2, -0.15) is 0 Å². The van der Waals surface area contributed by atoms with Gasteiger partial charge in [0.25, 0.3) is 0 Å². The van der Waals surface area contributed by atoms with Crippen LogP contribution in [0.4, 0.5) is 0 Å². The molecule has 0 saturated carbocycles. The highest BCUT2D eigenvalue weighted by Crippen LogP contribution is 2.42. The molecular formula is C12H19ClO5. The van der Waals surface area contributed by atoms with Crippen LogP contribution in [0.15, 0.2) is 0 Å². The van der Waals surface area contributed by atoms with Crippen LogP contribution in [0.25, 0.3) is 0 Å². The Balaban J connectivity index is 1.68. The fourth-order valence-electron chi connectivity index (χ4n) is 2.67. The summed E-state index contributed by atoms with van der Waals surface area (Å²) in [6.45, 7) is 7.94. The van der Waals surface area contributed by atoms with Crippen LogP contribution in [0.3, 0.4) is 0 Å². The molecule has 0 amide bonds. The maximum Gasteiger partial charge on any atom is 0.189 e. The molecule has 0 N–H and O–H groups in total. The molecule has 0 spiro atoms. The van der Waals surface area contributed by atoms with Gasteiger partial charge < -0.3 is 23.7 Å². The van der Waals surface area contributed by atoms with Gasteiger partial charge in [0, 0.05) is 0 Å². The molecule has 0 radical (unpaired) electrons. The maximum atomic E-state index is 6.41. The van der Waals surface area contributed by atoms with Crippen molar-refractivity contribution in [1.29, 1.82) is 0 Å². The zero-order chi connectivity index (χ0) is 13.1. The first-order valence-corrected chi connectivity index (χ1v) is 6.68. The van der Waals surface area contributed by atoms with Crippen LogP contribution in [0, 0.1) is 0 Å². The smallest absolute Gasteiger partial charge is 0.189 e. The highest BCUT2D eigenvalue weighted by molar-refractivity contribution is 6.21. The Morgan fingerprint density at radius 3 is 2.22 bits per heavy atom. The topological polar surface area (TPSA) is 46.2 Å². The molecule has 0 aromatic rings. The first-order valence-electron chi connectivity index (χ1n) is 6.24. The summed E-state index contributed by atoms with van der Waals surface area (Å²) in [5.41, 5.74) is 0. The molecule has 0 aliphatic carbocycles. The van der Waals surface area contributed by atoms with Crippen molar-refractivity contribution in [2.24, 2.45) is 0 Å². The minimum atomic E-state index is -0.639. The monoisotopic (exact) mass is 278 g/mol. The van der Waals surface area contributed by atoms with Crippen molar-refractivity contribution >= 4 is 11.6 Å². The molecule has 0 aromatic carbocycles. The number of hydrogen-bond donors (Lipinski definition) is 0. The molecule has 3 heterocycles. The molecule has 3 aliphatic rings. The van der Waals surface area contributed by atoms with Crippen LogP contribution in [0.1, 0.15) is 27.7 Å². The quantitative estimate of drug-likeness (QED) is 0.682. The van der Waals surface area contributed by atoms with Crippen LogP contribution in [0.5, 0.6) is 0 Å². The summed E-state index contributed by atoms with van der Waals surface area (Å²) < 4.78 is 28.5. The number of ether oxygens (including phenoxy) is 5. The molecule has 5 atom stereocenters. The molecule has 3 rings (SSSR count). The average Bonchev–Trinajstić information content (AvgIpc) is 2.81. The summed E-state index contributed by atoms with van der Waals surface area (Å²) in [4.78, 5) is 0. The van der Waals surface area contributed by atoms with Gasteiger partial charge in [0.2, 0.25) is 0 Å². The van der Waals surface area contributed by atoms with Crippen LogP contribution in [0.2, 0.25) is 0 Å². The normalized spacial score (nSPS) is 49.5. The SMILES string of the molecule is CC1(C)O[C@@H]2O[C@H]([C@H]3COC(C)(C)O3)[C@@H](Cl)[C@@H]2O1. The van der Waals surface area contributed by atoms with Gasteiger partial charge >= 0.3 is 0 Å². The first kappa shape index (κ1) is 13.1. The van der Waals surface area contributed by atoms with Crippen molar-refractivity contribution in [3.05, 3.63) is 0 Å². The Hall–Kier alpha value is 0.0900. The van der Waals surface area contributed by atoms with Crippen molar-refractivity contribution in [2.45, 2.75) is 69.2 Å². The Bertz CT molecular complexity index is 345. The van der Waals surface area contributed by atoms with E-state index in [9.17, 15) is 0 Å². The number of fused-ring (bicyclic) bond motifs is 1. The van der Waals surface area contributed by atoms with Crippen molar-refractivity contribution < 1.29 is 23.7 Å². The lowest BCUT2D eigenvalue weighted by atomic mass is 10.1. The van der Waals surface area contributed by atoms with Crippen molar-refractivity contribution in [2.75, 3.05) is 6.61 Å². The summed E-state index contributed by atoms with van der Waals surface area (Å²) >= 11 is 6.41. The van der Waals surface area contributed by atoms with E-state index in [0.717, 1.165) is 0 Å². The van der Waals surface area contributed by atoms with E-state index < -0.39 is 17.9 Å². The molecule has 0 bridgehead atoms. The number of rotatable bonds is 1. The van der Waals surface area contributed by atoms with Gasteiger partial charge in [0.15, 0.2) is 17.9 Å². The molecule has 6 heteroatoms. The first-order chi connectivity index (χ1) is 8.27. The molecule has 3 aliphatic heterocycles. The lowest BCUT2D eigenvalue weighted by Gasteiger charge is -2.26. The van der Waals surface area contributed by atoms with Crippen LogP contribution in [-0.2, 0) is 23.7 Å². The van der Waals surface area contributed by atoms with Crippen LogP contribution in [-0.4, -0.2) is 48.2 Å². The summed E-state index contributed by atoms with van der Waals surface area (Å²) in [5, 5.41) is -0.292. The van der Waals surface area contributed by atoms with E-state index in [1.54, 1.807) is 0 Å². The average molecular weight is 279 g/mol. The molecule has 104 valence electrons. The summed E-state index contributed by atoms with van der Waals surface area (Å²) in [5.74, 6) is -1.22. The third kappa shape index (κ3) is 2.17. The van der Waals surface area contributed by atoms with Crippen molar-refractivity contribution in [3.63, 3.8) is 0 Å². The summed E-state index contributed by atoms with van der Waals surface area (Å²) in [6, 6.07) is 0. The zero-order valence-electron chi connectivity index (χ0n) is 11.0. The second-order valence-electron chi connectivity index (χ2n) is 5.88. The van der Waals surface area contributed by atoms with E-state index in [1.165, 1.54) is 0 Å². The van der Waals surface area contributed by atoms with Gasteiger partial charge in [0.05, 0.1) is 12.0 Å². The summed E-state index contributed by atoms with van der Waals surface area (Å²) in [7, 11) is 0. The largest absolute Gasteiger partial charge is 0.348 e. The minimum absolute atomic E-state index is 0.177. The molecule has 3 fully saturated rings. The predicted octanol–water partition coefficient (Wildman–Crippen LogP) is 1.62. The van der Waals surface area contributed by atoms with E-state index in [2.05, 4.69) is 0 Å². The van der Waals surface area contributed by atoms with Crippen molar-refractivity contribution in [3.8, 4) is 0 Å². The van der Waals surface area contributed by atoms with E-state index in [1.807, 2.05) is 27.7 Å². The molecular weight excluding hydrogens is 260 g/mol. The van der Waals surface area contributed by atoms with E-state index >= 15 is 0 Å². The lowest BCUT2D eigenvalue weighted by molar-refractivity contribution is -0.220. The van der Waals surface area contributed by atoms with Crippen molar-refractivity contribution in [1.82, 2.24) is 0 Å². The second kappa shape index (κ2) is 4.04. The van der Waals surface area contributed by atoms with E-state index in [0.29, 0.717) is 6.61 Å². The fraction of sp³-hybridized carbons (Fsp3) is 1.00. The molecule has 5 nitrogen and oxygen atoms in total.